The van der Waals surface area contributed by atoms with E-state index in [0.717, 1.165) is 6.33 Å². The molecular formula is C5H6N5O. The molecule has 57 valence electrons. The normalized spacial score (nSPS) is 9.09. The highest BCUT2D eigenvalue weighted by molar-refractivity contribution is 5.83. The van der Waals surface area contributed by atoms with Crippen molar-refractivity contribution in [2.75, 3.05) is 11.1 Å². The fraction of sp³-hybridized carbons (Fsp3) is 0. The van der Waals surface area contributed by atoms with E-state index >= 15 is 0 Å². The van der Waals surface area contributed by atoms with Crippen LogP contribution in [-0.2, 0) is 4.79 Å². The van der Waals surface area contributed by atoms with Gasteiger partial charge in [-0.05, 0) is 0 Å². The summed E-state index contributed by atoms with van der Waals surface area (Å²) in [6.45, 7) is 0. The monoisotopic (exact) mass is 152 g/mol. The summed E-state index contributed by atoms with van der Waals surface area (Å²) >= 11 is 0. The van der Waals surface area contributed by atoms with Gasteiger partial charge in [0.05, 0.1) is 0 Å². The van der Waals surface area contributed by atoms with E-state index in [0.29, 0.717) is 6.41 Å². The lowest BCUT2D eigenvalue weighted by Crippen LogP contribution is -2.03. The van der Waals surface area contributed by atoms with Gasteiger partial charge >= 0.3 is 0 Å². The second-order valence-electron chi connectivity index (χ2n) is 1.74. The Morgan fingerprint density at radius 2 is 2.36 bits per heavy atom. The van der Waals surface area contributed by atoms with Crippen molar-refractivity contribution in [1.29, 1.82) is 0 Å². The second-order valence-corrected chi connectivity index (χ2v) is 1.74. The van der Waals surface area contributed by atoms with E-state index in [2.05, 4.69) is 15.3 Å². The Morgan fingerprint density at radius 3 is 2.91 bits per heavy atom. The Morgan fingerprint density at radius 1 is 1.64 bits per heavy atom. The van der Waals surface area contributed by atoms with Crippen LogP contribution in [0.5, 0.6) is 0 Å². The number of nitrogens with two attached hydrogens (primary N) is 1. The topological polar surface area (TPSA) is 105 Å². The van der Waals surface area contributed by atoms with E-state index in [4.69, 9.17) is 11.5 Å². The second kappa shape index (κ2) is 2.82. The van der Waals surface area contributed by atoms with Gasteiger partial charge in [-0.2, -0.15) is 0 Å². The van der Waals surface area contributed by atoms with Gasteiger partial charge in [0.15, 0.2) is 11.6 Å². The predicted octanol–water partition coefficient (Wildman–Crippen LogP) is -0.459. The van der Waals surface area contributed by atoms with Gasteiger partial charge in [-0.1, -0.05) is 0 Å². The van der Waals surface area contributed by atoms with Gasteiger partial charge < -0.3 is 11.1 Å². The number of nitrogens with one attached hydrogen (secondary N) is 2. The first-order valence-electron chi connectivity index (χ1n) is 2.78. The number of nitrogens with zero attached hydrogens (tertiary/aromatic N) is 2. The van der Waals surface area contributed by atoms with Crippen molar-refractivity contribution in [3.05, 3.63) is 6.33 Å². The highest BCUT2D eigenvalue weighted by atomic mass is 16.1. The van der Waals surface area contributed by atoms with Gasteiger partial charge in [0.1, 0.15) is 12.0 Å². The molecule has 1 aromatic heterocycles. The summed E-state index contributed by atoms with van der Waals surface area (Å²) in [5, 5.41) is 2.23. The molecule has 0 spiro atoms. The third kappa shape index (κ3) is 1.34. The number of rotatable bonds is 2. The largest absolute Gasteiger partial charge is 0.382 e. The Labute approximate surface area is 62.6 Å². The van der Waals surface area contributed by atoms with E-state index < -0.39 is 0 Å². The molecule has 1 heterocycles. The standard InChI is InChI=1S/C5H6N5O/c6-4-3(10-2-11)5(7)9-1-8-4/h1-2,6H,(H,10,11)(H2,7,8,9). The number of aromatic nitrogens is 2. The SMILES string of the molecule is [NH]c1ncnc(N)c1NC=O. The smallest absolute Gasteiger partial charge is 0.211 e. The highest BCUT2D eigenvalue weighted by Crippen LogP contribution is 2.20. The van der Waals surface area contributed by atoms with Crippen LogP contribution in [0.15, 0.2) is 6.33 Å². The number of hydrogen-bond acceptors (Lipinski definition) is 4. The molecule has 0 aromatic carbocycles. The average Bonchev–Trinajstić information content (AvgIpc) is 1.97. The van der Waals surface area contributed by atoms with E-state index in [1.165, 1.54) is 0 Å². The molecule has 1 aromatic rings. The molecule has 0 atom stereocenters. The van der Waals surface area contributed by atoms with Crippen LogP contribution in [0.3, 0.4) is 0 Å². The zero-order valence-corrected chi connectivity index (χ0v) is 5.53. The van der Waals surface area contributed by atoms with Gasteiger partial charge in [0, 0.05) is 0 Å². The summed E-state index contributed by atoms with van der Waals surface area (Å²) in [7, 11) is 0. The molecule has 1 amide bonds. The third-order valence-corrected chi connectivity index (χ3v) is 1.08. The van der Waals surface area contributed by atoms with Gasteiger partial charge in [-0.3, -0.25) is 10.5 Å². The van der Waals surface area contributed by atoms with Crippen molar-refractivity contribution in [3.8, 4) is 0 Å². The lowest BCUT2D eigenvalue weighted by atomic mass is 10.4. The number of carbonyl (C=O) groups excluding carboxylic acids is 1. The van der Waals surface area contributed by atoms with E-state index in [9.17, 15) is 4.79 Å². The predicted molar refractivity (Wildman–Crippen MR) is 38.9 cm³/mol. The lowest BCUT2D eigenvalue weighted by molar-refractivity contribution is -0.105. The van der Waals surface area contributed by atoms with Gasteiger partial charge in [0.25, 0.3) is 0 Å². The zero-order valence-electron chi connectivity index (χ0n) is 5.53. The number of carbonyl (C=O) groups is 1. The molecule has 6 heteroatoms. The van der Waals surface area contributed by atoms with Crippen LogP contribution in [0.1, 0.15) is 0 Å². The van der Waals surface area contributed by atoms with E-state index in [1.807, 2.05) is 0 Å². The Bertz CT molecular complexity index is 253. The average molecular weight is 152 g/mol. The lowest BCUT2D eigenvalue weighted by Gasteiger charge is -2.02. The van der Waals surface area contributed by atoms with Gasteiger partial charge in [-0.15, -0.1) is 0 Å². The molecule has 4 N–H and O–H groups in total. The first-order chi connectivity index (χ1) is 5.25. The van der Waals surface area contributed by atoms with Gasteiger partial charge in [0.2, 0.25) is 6.41 Å². The molecule has 0 aliphatic carbocycles. The summed E-state index contributed by atoms with van der Waals surface area (Å²) in [6, 6.07) is 0. The minimum absolute atomic E-state index is 0.0930. The zero-order chi connectivity index (χ0) is 8.27. The third-order valence-electron chi connectivity index (χ3n) is 1.08. The molecule has 1 rings (SSSR count). The van der Waals surface area contributed by atoms with Crippen LogP contribution in [0.2, 0.25) is 0 Å². The van der Waals surface area contributed by atoms with Crippen molar-refractivity contribution in [3.63, 3.8) is 0 Å². The molecule has 0 bridgehead atoms. The minimum atomic E-state index is -0.0930. The van der Waals surface area contributed by atoms with Crippen LogP contribution in [-0.4, -0.2) is 16.4 Å². The summed E-state index contributed by atoms with van der Waals surface area (Å²) < 4.78 is 0. The van der Waals surface area contributed by atoms with Crippen molar-refractivity contribution in [2.24, 2.45) is 0 Å². The van der Waals surface area contributed by atoms with Crippen molar-refractivity contribution >= 4 is 23.7 Å². The first-order valence-corrected chi connectivity index (χ1v) is 2.78. The number of amides is 1. The Balaban J connectivity index is 3.09. The Kier molecular flexibility index (Phi) is 1.86. The number of anilines is 2. The van der Waals surface area contributed by atoms with Crippen molar-refractivity contribution < 1.29 is 4.79 Å². The molecule has 0 aliphatic rings. The molecule has 0 aliphatic heterocycles. The van der Waals surface area contributed by atoms with Crippen LogP contribution in [0.25, 0.3) is 0 Å². The van der Waals surface area contributed by atoms with Crippen LogP contribution in [0, 0.1) is 0 Å². The highest BCUT2D eigenvalue weighted by Gasteiger charge is 2.03. The fourth-order valence-corrected chi connectivity index (χ4v) is 0.600. The maximum Gasteiger partial charge on any atom is 0.211 e. The molecule has 6 nitrogen and oxygen atoms in total. The van der Waals surface area contributed by atoms with Crippen LogP contribution < -0.4 is 16.8 Å². The summed E-state index contributed by atoms with van der Waals surface area (Å²) in [4.78, 5) is 17.1. The molecule has 11 heavy (non-hydrogen) atoms. The van der Waals surface area contributed by atoms with Crippen molar-refractivity contribution in [1.82, 2.24) is 15.7 Å². The van der Waals surface area contributed by atoms with E-state index in [-0.39, 0.29) is 17.3 Å². The molecule has 0 fully saturated rings. The molecule has 1 radical (unpaired) electrons. The van der Waals surface area contributed by atoms with Crippen LogP contribution in [0.4, 0.5) is 17.3 Å². The number of nitrogen functional groups attached to an aromatic ring is 1. The maximum absolute atomic E-state index is 9.97. The van der Waals surface area contributed by atoms with Gasteiger partial charge in [-0.25, -0.2) is 9.97 Å². The van der Waals surface area contributed by atoms with Crippen LogP contribution >= 0.6 is 0 Å². The summed E-state index contributed by atoms with van der Waals surface area (Å²) in [5.74, 6) is 0.00157. The molecule has 0 saturated carbocycles. The summed E-state index contributed by atoms with van der Waals surface area (Å²) in [5.41, 5.74) is 12.6. The fourth-order valence-electron chi connectivity index (χ4n) is 0.600. The first kappa shape index (κ1) is 7.26. The molecule has 0 saturated heterocycles. The minimum Gasteiger partial charge on any atom is -0.382 e. The quantitative estimate of drug-likeness (QED) is 0.559. The maximum atomic E-state index is 9.97. The molecular weight excluding hydrogens is 146 g/mol. The van der Waals surface area contributed by atoms with E-state index in [1.54, 1.807) is 0 Å². The number of hydrogen-bond donors (Lipinski definition) is 2. The summed E-state index contributed by atoms with van der Waals surface area (Å²) in [6.07, 6.45) is 1.58. The van der Waals surface area contributed by atoms with Crippen molar-refractivity contribution in [2.45, 2.75) is 0 Å². The Hall–Kier alpha value is -1.85. The molecule has 0 unspecified atom stereocenters.